The van der Waals surface area contributed by atoms with Crippen LogP contribution < -0.4 is 5.32 Å². The maximum Gasteiger partial charge on any atom is 0.322 e. The van der Waals surface area contributed by atoms with Gasteiger partial charge in [-0.3, -0.25) is 10.1 Å². The SMILES string of the molecule is Cc1ccc(Cc2nnc(NC(=O)c3ccc(S(=O)(=O)N4CCCCC4)cc3)o2)cc1. The van der Waals surface area contributed by atoms with E-state index in [1.807, 2.05) is 31.2 Å². The number of amides is 1. The molecule has 1 N–H and O–H groups in total. The second kappa shape index (κ2) is 8.99. The zero-order chi connectivity index (χ0) is 21.8. The van der Waals surface area contributed by atoms with Gasteiger partial charge < -0.3 is 4.42 Å². The molecule has 2 heterocycles. The van der Waals surface area contributed by atoms with Crippen molar-refractivity contribution in [2.75, 3.05) is 18.4 Å². The number of hydrogen-bond donors (Lipinski definition) is 1. The van der Waals surface area contributed by atoms with Crippen LogP contribution in [0.3, 0.4) is 0 Å². The van der Waals surface area contributed by atoms with Crippen molar-refractivity contribution < 1.29 is 17.6 Å². The average molecular weight is 441 g/mol. The van der Waals surface area contributed by atoms with Gasteiger partial charge in [0.25, 0.3) is 5.91 Å². The lowest BCUT2D eigenvalue weighted by atomic mass is 10.1. The van der Waals surface area contributed by atoms with Crippen LogP contribution >= 0.6 is 0 Å². The molecule has 0 saturated carbocycles. The minimum atomic E-state index is -3.53. The number of hydrogen-bond acceptors (Lipinski definition) is 6. The van der Waals surface area contributed by atoms with Gasteiger partial charge in [-0.15, -0.1) is 5.10 Å². The van der Waals surface area contributed by atoms with Crippen molar-refractivity contribution in [2.24, 2.45) is 0 Å². The van der Waals surface area contributed by atoms with Crippen molar-refractivity contribution >= 4 is 21.9 Å². The predicted molar refractivity (Wildman–Crippen MR) is 115 cm³/mol. The monoisotopic (exact) mass is 440 g/mol. The number of nitrogens with zero attached hydrogens (tertiary/aromatic N) is 3. The summed E-state index contributed by atoms with van der Waals surface area (Å²) in [6.45, 7) is 3.08. The van der Waals surface area contributed by atoms with Crippen molar-refractivity contribution in [1.29, 1.82) is 0 Å². The van der Waals surface area contributed by atoms with Crippen LogP contribution in [0.2, 0.25) is 0 Å². The Labute approximate surface area is 181 Å². The molecule has 1 aliphatic heterocycles. The fourth-order valence-electron chi connectivity index (χ4n) is 3.46. The Hall–Kier alpha value is -3.04. The third-order valence-electron chi connectivity index (χ3n) is 5.23. The van der Waals surface area contributed by atoms with E-state index in [4.69, 9.17) is 4.42 Å². The van der Waals surface area contributed by atoms with E-state index in [0.29, 0.717) is 31.0 Å². The normalized spacial score (nSPS) is 15.0. The van der Waals surface area contributed by atoms with E-state index in [0.717, 1.165) is 30.4 Å². The lowest BCUT2D eigenvalue weighted by Gasteiger charge is -2.25. The van der Waals surface area contributed by atoms with Crippen molar-refractivity contribution in [3.8, 4) is 0 Å². The molecule has 0 aliphatic carbocycles. The van der Waals surface area contributed by atoms with Crippen LogP contribution in [-0.4, -0.2) is 41.9 Å². The van der Waals surface area contributed by atoms with E-state index in [2.05, 4.69) is 15.5 Å². The Morgan fingerprint density at radius 1 is 1.00 bits per heavy atom. The molecule has 2 aromatic carbocycles. The largest absolute Gasteiger partial charge is 0.407 e. The first-order valence-electron chi connectivity index (χ1n) is 10.2. The Kier molecular flexibility index (Phi) is 6.15. The first-order valence-corrected chi connectivity index (χ1v) is 11.7. The molecule has 1 fully saturated rings. The zero-order valence-corrected chi connectivity index (χ0v) is 18.1. The summed E-state index contributed by atoms with van der Waals surface area (Å²) < 4.78 is 32.5. The van der Waals surface area contributed by atoms with E-state index < -0.39 is 15.9 Å². The summed E-state index contributed by atoms with van der Waals surface area (Å²) in [5.41, 5.74) is 2.49. The zero-order valence-electron chi connectivity index (χ0n) is 17.2. The Morgan fingerprint density at radius 2 is 1.68 bits per heavy atom. The number of carbonyl (C=O) groups excluding carboxylic acids is 1. The van der Waals surface area contributed by atoms with Crippen molar-refractivity contribution in [3.05, 3.63) is 71.1 Å². The van der Waals surface area contributed by atoms with Crippen LogP contribution in [0.4, 0.5) is 6.01 Å². The minimum Gasteiger partial charge on any atom is -0.407 e. The predicted octanol–water partition coefficient (Wildman–Crippen LogP) is 3.40. The number of benzene rings is 2. The number of aromatic nitrogens is 2. The molecule has 1 saturated heterocycles. The standard InChI is InChI=1S/C22H24N4O4S/c1-16-5-7-17(8-6-16)15-20-24-25-22(30-20)23-21(27)18-9-11-19(12-10-18)31(28,29)26-13-3-2-4-14-26/h5-12H,2-4,13-15H2,1H3,(H,23,25,27). The van der Waals surface area contributed by atoms with Crippen LogP contribution in [-0.2, 0) is 16.4 Å². The van der Waals surface area contributed by atoms with Crippen molar-refractivity contribution in [2.45, 2.75) is 37.5 Å². The summed E-state index contributed by atoms with van der Waals surface area (Å²) in [6, 6.07) is 13.8. The van der Waals surface area contributed by atoms with Crippen molar-refractivity contribution in [1.82, 2.24) is 14.5 Å². The van der Waals surface area contributed by atoms with Gasteiger partial charge in [-0.05, 0) is 49.6 Å². The summed E-state index contributed by atoms with van der Waals surface area (Å²) in [5.74, 6) is -0.0606. The minimum absolute atomic E-state index is 0.00266. The smallest absolute Gasteiger partial charge is 0.322 e. The van der Waals surface area contributed by atoms with Crippen molar-refractivity contribution in [3.63, 3.8) is 0 Å². The van der Waals surface area contributed by atoms with E-state index in [9.17, 15) is 13.2 Å². The lowest BCUT2D eigenvalue weighted by molar-refractivity contribution is 0.102. The quantitative estimate of drug-likeness (QED) is 0.630. The van der Waals surface area contributed by atoms with E-state index in [-0.39, 0.29) is 10.9 Å². The van der Waals surface area contributed by atoms with Gasteiger partial charge in [-0.25, -0.2) is 8.42 Å². The van der Waals surface area contributed by atoms with Gasteiger partial charge >= 0.3 is 6.01 Å². The molecular formula is C22H24N4O4S. The van der Waals surface area contributed by atoms with Crippen LogP contribution in [0.5, 0.6) is 0 Å². The molecule has 8 nitrogen and oxygen atoms in total. The van der Waals surface area contributed by atoms with Crippen LogP contribution in [0.15, 0.2) is 57.8 Å². The molecule has 31 heavy (non-hydrogen) atoms. The molecule has 0 spiro atoms. The number of rotatable bonds is 6. The topological polar surface area (TPSA) is 105 Å². The summed E-state index contributed by atoms with van der Waals surface area (Å²) in [4.78, 5) is 12.7. The maximum absolute atomic E-state index is 12.7. The number of piperidine rings is 1. The number of aryl methyl sites for hydroxylation is 1. The maximum atomic E-state index is 12.7. The van der Waals surface area contributed by atoms with Gasteiger partial charge in [0.15, 0.2) is 0 Å². The van der Waals surface area contributed by atoms with E-state index >= 15 is 0 Å². The second-order valence-corrected chi connectivity index (χ2v) is 9.54. The van der Waals surface area contributed by atoms with Crippen LogP contribution in [0.25, 0.3) is 0 Å². The summed E-state index contributed by atoms with van der Waals surface area (Å²) >= 11 is 0. The lowest BCUT2D eigenvalue weighted by Crippen LogP contribution is -2.35. The fourth-order valence-corrected chi connectivity index (χ4v) is 4.98. The molecule has 1 aromatic heterocycles. The molecule has 4 rings (SSSR count). The van der Waals surface area contributed by atoms with Gasteiger partial charge in [-0.1, -0.05) is 41.3 Å². The molecule has 3 aromatic rings. The fraction of sp³-hybridized carbons (Fsp3) is 0.318. The molecule has 1 amide bonds. The van der Waals surface area contributed by atoms with Gasteiger partial charge in [0.05, 0.1) is 11.3 Å². The second-order valence-electron chi connectivity index (χ2n) is 7.61. The molecule has 0 atom stereocenters. The van der Waals surface area contributed by atoms with E-state index in [1.54, 1.807) is 0 Å². The highest BCUT2D eigenvalue weighted by molar-refractivity contribution is 7.89. The molecular weight excluding hydrogens is 416 g/mol. The summed E-state index contributed by atoms with van der Waals surface area (Å²) in [5, 5.41) is 10.4. The number of sulfonamides is 1. The van der Waals surface area contributed by atoms with Gasteiger partial charge in [0.2, 0.25) is 15.9 Å². The Bertz CT molecular complexity index is 1150. The average Bonchev–Trinajstić information content (AvgIpc) is 3.22. The van der Waals surface area contributed by atoms with Gasteiger partial charge in [0, 0.05) is 18.7 Å². The van der Waals surface area contributed by atoms with Gasteiger partial charge in [0.1, 0.15) is 0 Å². The highest BCUT2D eigenvalue weighted by Gasteiger charge is 2.26. The number of carbonyl (C=O) groups is 1. The van der Waals surface area contributed by atoms with Crippen LogP contribution in [0.1, 0.15) is 46.6 Å². The summed E-state index contributed by atoms with van der Waals surface area (Å²) in [7, 11) is -3.53. The van der Waals surface area contributed by atoms with E-state index in [1.165, 1.54) is 28.6 Å². The number of nitrogens with one attached hydrogen (secondary N) is 1. The first-order chi connectivity index (χ1) is 14.9. The molecule has 162 valence electrons. The molecule has 0 bridgehead atoms. The molecule has 1 aliphatic rings. The number of anilines is 1. The van der Waals surface area contributed by atoms with Crippen LogP contribution in [0, 0.1) is 6.92 Å². The highest BCUT2D eigenvalue weighted by Crippen LogP contribution is 2.21. The van der Waals surface area contributed by atoms with Gasteiger partial charge in [-0.2, -0.15) is 4.31 Å². The first kappa shape index (κ1) is 21.2. The molecule has 0 unspecified atom stereocenters. The highest BCUT2D eigenvalue weighted by atomic mass is 32.2. The third-order valence-corrected chi connectivity index (χ3v) is 7.15. The summed E-state index contributed by atoms with van der Waals surface area (Å²) in [6.07, 6.45) is 3.26. The third kappa shape index (κ3) is 5.00. The molecule has 9 heteroatoms. The Morgan fingerprint density at radius 3 is 2.35 bits per heavy atom. The Balaban J connectivity index is 1.40. The molecule has 0 radical (unpaired) electrons.